The fourth-order valence-electron chi connectivity index (χ4n) is 3.24. The lowest BCUT2D eigenvalue weighted by atomic mass is 9.94. The number of rotatable bonds is 4. The maximum atomic E-state index is 12.7. The number of ether oxygens (including phenoxy) is 1. The maximum absolute atomic E-state index is 12.7. The van der Waals surface area contributed by atoms with E-state index in [2.05, 4.69) is 41.2 Å². The number of hydrogen-bond acceptors (Lipinski definition) is 4. The van der Waals surface area contributed by atoms with Crippen molar-refractivity contribution in [2.45, 2.75) is 19.0 Å². The van der Waals surface area contributed by atoms with Gasteiger partial charge in [0.05, 0.1) is 7.11 Å². The SMILES string of the molecule is COc1ncccc1C(=O)N(C)C[C@H]1Cc2ccccc2CN1C. The lowest BCUT2D eigenvalue weighted by Crippen LogP contribution is -2.46. The van der Waals surface area contributed by atoms with Crippen LogP contribution in [0.1, 0.15) is 21.5 Å². The Labute approximate surface area is 142 Å². The Balaban J connectivity index is 1.73. The Morgan fingerprint density at radius 1 is 1.29 bits per heavy atom. The van der Waals surface area contributed by atoms with Crippen molar-refractivity contribution in [2.75, 3.05) is 27.7 Å². The molecule has 1 amide bonds. The molecule has 1 aliphatic rings. The van der Waals surface area contributed by atoms with Crippen molar-refractivity contribution in [1.29, 1.82) is 0 Å². The van der Waals surface area contributed by atoms with Crippen LogP contribution in [-0.2, 0) is 13.0 Å². The van der Waals surface area contributed by atoms with Crippen molar-refractivity contribution in [3.8, 4) is 5.88 Å². The molecule has 0 bridgehead atoms. The molecule has 3 rings (SSSR count). The number of fused-ring (bicyclic) bond motifs is 1. The van der Waals surface area contributed by atoms with E-state index in [1.807, 2.05) is 7.05 Å². The summed E-state index contributed by atoms with van der Waals surface area (Å²) in [5, 5.41) is 0. The van der Waals surface area contributed by atoms with Crippen LogP contribution in [0.2, 0.25) is 0 Å². The molecule has 0 unspecified atom stereocenters. The summed E-state index contributed by atoms with van der Waals surface area (Å²) in [6.07, 6.45) is 2.58. The molecule has 0 radical (unpaired) electrons. The van der Waals surface area contributed by atoms with Gasteiger partial charge in [-0.2, -0.15) is 0 Å². The van der Waals surface area contributed by atoms with Gasteiger partial charge in [0.15, 0.2) is 0 Å². The normalized spacial score (nSPS) is 17.2. The van der Waals surface area contributed by atoms with E-state index in [9.17, 15) is 4.79 Å². The Bertz CT molecular complexity index is 732. The van der Waals surface area contributed by atoms with Crippen LogP contribution in [0.3, 0.4) is 0 Å². The van der Waals surface area contributed by atoms with Gasteiger partial charge in [-0.05, 0) is 36.7 Å². The van der Waals surface area contributed by atoms with Gasteiger partial charge in [0.1, 0.15) is 5.56 Å². The first-order valence-corrected chi connectivity index (χ1v) is 8.11. The second kappa shape index (κ2) is 7.01. The van der Waals surface area contributed by atoms with Crippen LogP contribution < -0.4 is 4.74 Å². The molecule has 5 heteroatoms. The lowest BCUT2D eigenvalue weighted by molar-refractivity contribution is 0.0729. The Hall–Kier alpha value is -2.40. The van der Waals surface area contributed by atoms with Crippen molar-refractivity contribution in [3.05, 3.63) is 59.3 Å². The zero-order valence-corrected chi connectivity index (χ0v) is 14.4. The summed E-state index contributed by atoms with van der Waals surface area (Å²) in [7, 11) is 5.48. The minimum atomic E-state index is -0.0628. The second-order valence-corrected chi connectivity index (χ2v) is 6.29. The smallest absolute Gasteiger partial charge is 0.259 e. The van der Waals surface area contributed by atoms with Gasteiger partial charge in [-0.1, -0.05) is 24.3 Å². The molecule has 0 saturated heterocycles. The number of nitrogens with zero attached hydrogens (tertiary/aromatic N) is 3. The van der Waals surface area contributed by atoms with Gasteiger partial charge in [0, 0.05) is 32.4 Å². The van der Waals surface area contributed by atoms with E-state index < -0.39 is 0 Å². The molecule has 2 aromatic rings. The van der Waals surface area contributed by atoms with Gasteiger partial charge in [-0.3, -0.25) is 9.69 Å². The predicted molar refractivity (Wildman–Crippen MR) is 93.2 cm³/mol. The number of carbonyl (C=O) groups is 1. The number of benzene rings is 1. The summed E-state index contributed by atoms with van der Waals surface area (Å²) < 4.78 is 5.21. The van der Waals surface area contributed by atoms with Crippen LogP contribution in [0.15, 0.2) is 42.6 Å². The fraction of sp³-hybridized carbons (Fsp3) is 0.368. The third-order valence-corrected chi connectivity index (χ3v) is 4.64. The molecule has 2 heterocycles. The summed E-state index contributed by atoms with van der Waals surface area (Å²) >= 11 is 0. The summed E-state index contributed by atoms with van der Waals surface area (Å²) in [5.74, 6) is 0.309. The van der Waals surface area contributed by atoms with Crippen LogP contribution in [0.4, 0.5) is 0 Å². The number of pyridine rings is 1. The van der Waals surface area contributed by atoms with Gasteiger partial charge in [-0.25, -0.2) is 4.98 Å². The van der Waals surface area contributed by atoms with Crippen molar-refractivity contribution in [3.63, 3.8) is 0 Å². The van der Waals surface area contributed by atoms with Gasteiger partial charge in [0.25, 0.3) is 5.91 Å². The molecule has 0 aliphatic carbocycles. The number of amides is 1. The average Bonchev–Trinajstić information content (AvgIpc) is 2.61. The summed E-state index contributed by atoms with van der Waals surface area (Å²) in [4.78, 5) is 20.9. The van der Waals surface area contributed by atoms with E-state index in [0.29, 0.717) is 24.0 Å². The molecule has 0 spiro atoms. The Morgan fingerprint density at radius 2 is 2.04 bits per heavy atom. The lowest BCUT2D eigenvalue weighted by Gasteiger charge is -2.36. The van der Waals surface area contributed by atoms with Crippen LogP contribution >= 0.6 is 0 Å². The van der Waals surface area contributed by atoms with Crippen LogP contribution in [0.25, 0.3) is 0 Å². The highest BCUT2D eigenvalue weighted by Gasteiger charge is 2.26. The molecule has 0 fully saturated rings. The van der Waals surface area contributed by atoms with Gasteiger partial charge in [0.2, 0.25) is 5.88 Å². The Kier molecular flexibility index (Phi) is 4.81. The number of hydrogen-bond donors (Lipinski definition) is 0. The number of aromatic nitrogens is 1. The quantitative estimate of drug-likeness (QED) is 0.865. The van der Waals surface area contributed by atoms with Crippen LogP contribution in [0.5, 0.6) is 5.88 Å². The molecule has 1 atom stereocenters. The third-order valence-electron chi connectivity index (χ3n) is 4.64. The molecule has 0 N–H and O–H groups in total. The van der Waals surface area contributed by atoms with Crippen LogP contribution in [-0.4, -0.2) is 54.5 Å². The van der Waals surface area contributed by atoms with E-state index >= 15 is 0 Å². The van der Waals surface area contributed by atoms with E-state index in [-0.39, 0.29) is 5.91 Å². The predicted octanol–water partition coefficient (Wildman–Crippen LogP) is 2.22. The third kappa shape index (κ3) is 3.26. The zero-order valence-electron chi connectivity index (χ0n) is 14.4. The molecule has 1 aliphatic heterocycles. The highest BCUT2D eigenvalue weighted by molar-refractivity contribution is 5.96. The summed E-state index contributed by atoms with van der Waals surface area (Å²) in [6.45, 7) is 1.58. The molecule has 24 heavy (non-hydrogen) atoms. The standard InChI is InChI=1S/C19H23N3O2/c1-21-12-15-8-5-4-7-14(15)11-16(21)13-22(2)19(23)17-9-6-10-20-18(17)24-3/h4-10,16H,11-13H2,1-3H3/t16-/m1/s1. The molecule has 1 aromatic heterocycles. The van der Waals surface area contributed by atoms with E-state index in [4.69, 9.17) is 4.74 Å². The summed E-state index contributed by atoms with van der Waals surface area (Å²) in [5.41, 5.74) is 3.25. The second-order valence-electron chi connectivity index (χ2n) is 6.29. The summed E-state index contributed by atoms with van der Waals surface area (Å²) in [6, 6.07) is 12.3. The first-order chi connectivity index (χ1) is 11.6. The Morgan fingerprint density at radius 3 is 2.79 bits per heavy atom. The van der Waals surface area contributed by atoms with Crippen molar-refractivity contribution in [1.82, 2.24) is 14.8 Å². The van der Waals surface area contributed by atoms with Gasteiger partial charge >= 0.3 is 0 Å². The van der Waals surface area contributed by atoms with Crippen molar-refractivity contribution < 1.29 is 9.53 Å². The van der Waals surface area contributed by atoms with E-state index in [0.717, 1.165) is 13.0 Å². The van der Waals surface area contributed by atoms with Crippen LogP contribution in [0, 0.1) is 0 Å². The van der Waals surface area contributed by atoms with Crippen molar-refractivity contribution >= 4 is 5.91 Å². The molecular formula is C19H23N3O2. The van der Waals surface area contributed by atoms with E-state index in [1.165, 1.54) is 18.2 Å². The first-order valence-electron chi connectivity index (χ1n) is 8.11. The fourth-order valence-corrected chi connectivity index (χ4v) is 3.24. The number of carbonyl (C=O) groups excluding carboxylic acids is 1. The maximum Gasteiger partial charge on any atom is 0.259 e. The number of methoxy groups -OCH3 is 1. The largest absolute Gasteiger partial charge is 0.480 e. The van der Waals surface area contributed by atoms with Gasteiger partial charge < -0.3 is 9.64 Å². The molecule has 126 valence electrons. The highest BCUT2D eigenvalue weighted by Crippen LogP contribution is 2.23. The van der Waals surface area contributed by atoms with E-state index in [1.54, 1.807) is 23.2 Å². The molecule has 0 saturated carbocycles. The molecule has 5 nitrogen and oxygen atoms in total. The number of likely N-dealkylation sites (N-methyl/N-ethyl adjacent to an activating group) is 2. The zero-order chi connectivity index (χ0) is 17.1. The molecular weight excluding hydrogens is 302 g/mol. The highest BCUT2D eigenvalue weighted by atomic mass is 16.5. The van der Waals surface area contributed by atoms with Crippen molar-refractivity contribution in [2.24, 2.45) is 0 Å². The van der Waals surface area contributed by atoms with Gasteiger partial charge in [-0.15, -0.1) is 0 Å². The monoisotopic (exact) mass is 325 g/mol. The average molecular weight is 325 g/mol. The minimum absolute atomic E-state index is 0.0628. The topological polar surface area (TPSA) is 45.7 Å². The minimum Gasteiger partial charge on any atom is -0.480 e. The first kappa shape index (κ1) is 16.5. The molecule has 1 aromatic carbocycles.